The Kier molecular flexibility index (Phi) is 9.35. The predicted octanol–water partition coefficient (Wildman–Crippen LogP) is 2.75. The number of esters is 1. The van der Waals surface area contributed by atoms with E-state index in [1.54, 1.807) is 12.1 Å². The molecule has 37 heavy (non-hydrogen) atoms. The normalized spacial score (nSPS) is 13.0. The van der Waals surface area contributed by atoms with Crippen molar-refractivity contribution in [3.05, 3.63) is 83.4 Å². The van der Waals surface area contributed by atoms with E-state index >= 15 is 0 Å². The Bertz CT molecular complexity index is 1140. The molecule has 0 radical (unpaired) electrons. The van der Waals surface area contributed by atoms with E-state index in [4.69, 9.17) is 19.3 Å². The molecule has 2 unspecified atom stereocenters. The smallest absolute Gasteiger partial charge is 0.338 e. The Balaban J connectivity index is 1.51. The Morgan fingerprint density at radius 1 is 0.757 bits per heavy atom. The van der Waals surface area contributed by atoms with Crippen LogP contribution in [0.25, 0.3) is 0 Å². The summed E-state index contributed by atoms with van der Waals surface area (Å²) in [7, 11) is 0. The lowest BCUT2D eigenvalue weighted by Gasteiger charge is -2.26. The van der Waals surface area contributed by atoms with Gasteiger partial charge in [0.1, 0.15) is 55.0 Å². The van der Waals surface area contributed by atoms with Gasteiger partial charge in [0.05, 0.1) is 12.2 Å². The summed E-state index contributed by atoms with van der Waals surface area (Å²) in [5.41, 5.74) is 1.73. The molecule has 0 saturated heterocycles. The van der Waals surface area contributed by atoms with E-state index in [2.05, 4.69) is 13.8 Å². The molecule has 0 aliphatic rings. The number of aliphatic hydroxyl groups excluding tert-OH is 3. The number of rotatable bonds is 12. The Labute approximate surface area is 215 Å². The first-order valence-corrected chi connectivity index (χ1v) is 11.7. The second-order valence-corrected chi connectivity index (χ2v) is 9.12. The molecule has 0 amide bonds. The number of aromatic hydroxyl groups is 2. The van der Waals surface area contributed by atoms with E-state index in [-0.39, 0.29) is 48.9 Å². The van der Waals surface area contributed by atoms with Gasteiger partial charge in [-0.3, -0.25) is 0 Å². The number of phenolic OH excluding ortho intramolecular Hbond substituents is 2. The minimum atomic E-state index is -1.08. The van der Waals surface area contributed by atoms with E-state index in [0.717, 1.165) is 29.3 Å². The van der Waals surface area contributed by atoms with E-state index in [0.29, 0.717) is 11.5 Å². The van der Waals surface area contributed by atoms with E-state index in [1.165, 1.54) is 0 Å². The van der Waals surface area contributed by atoms with Crippen LogP contribution in [-0.2, 0) is 10.2 Å². The number of aliphatic hydroxyl groups is 3. The summed E-state index contributed by atoms with van der Waals surface area (Å²) in [4.78, 5) is 12.0. The maximum absolute atomic E-state index is 12.0. The van der Waals surface area contributed by atoms with Crippen LogP contribution in [0, 0.1) is 0 Å². The second kappa shape index (κ2) is 12.4. The predicted molar refractivity (Wildman–Crippen MR) is 135 cm³/mol. The van der Waals surface area contributed by atoms with Crippen LogP contribution in [0.4, 0.5) is 0 Å². The van der Waals surface area contributed by atoms with Crippen LogP contribution in [0.5, 0.6) is 23.0 Å². The first-order chi connectivity index (χ1) is 17.6. The molecular weight excluding hydrogens is 480 g/mol. The monoisotopic (exact) mass is 512 g/mol. The fourth-order valence-corrected chi connectivity index (χ4v) is 3.56. The molecule has 3 aromatic carbocycles. The average Bonchev–Trinajstić information content (AvgIpc) is 2.89. The quantitative estimate of drug-likeness (QED) is 0.231. The Morgan fingerprint density at radius 3 is 1.68 bits per heavy atom. The number of hydrogen-bond donors (Lipinski definition) is 5. The van der Waals surface area contributed by atoms with Crippen molar-refractivity contribution >= 4 is 5.97 Å². The number of hydrogen-bond acceptors (Lipinski definition) is 9. The van der Waals surface area contributed by atoms with Gasteiger partial charge in [0, 0.05) is 11.5 Å². The molecule has 0 aliphatic carbocycles. The average molecular weight is 513 g/mol. The third-order valence-electron chi connectivity index (χ3n) is 5.79. The molecule has 3 rings (SSSR count). The second-order valence-electron chi connectivity index (χ2n) is 9.12. The van der Waals surface area contributed by atoms with Crippen LogP contribution < -0.4 is 9.47 Å². The van der Waals surface area contributed by atoms with Crippen LogP contribution in [0.1, 0.15) is 35.3 Å². The molecule has 0 spiro atoms. The first kappa shape index (κ1) is 27.8. The molecular formula is C28H32O9. The van der Waals surface area contributed by atoms with Gasteiger partial charge < -0.3 is 39.7 Å². The van der Waals surface area contributed by atoms with Gasteiger partial charge in [-0.05, 0) is 47.5 Å². The van der Waals surface area contributed by atoms with Crippen molar-refractivity contribution in [2.45, 2.75) is 31.5 Å². The summed E-state index contributed by atoms with van der Waals surface area (Å²) in [6.45, 7) is 3.40. The van der Waals surface area contributed by atoms with Crippen LogP contribution in [0.15, 0.2) is 66.7 Å². The molecule has 198 valence electrons. The molecule has 5 N–H and O–H groups in total. The molecule has 0 aliphatic heterocycles. The molecule has 3 aromatic rings. The molecule has 0 bridgehead atoms. The van der Waals surface area contributed by atoms with E-state index < -0.39 is 18.2 Å². The number of ether oxygens (including phenoxy) is 3. The lowest BCUT2D eigenvalue weighted by molar-refractivity contribution is 0.0130. The highest BCUT2D eigenvalue weighted by Gasteiger charge is 2.23. The van der Waals surface area contributed by atoms with Crippen LogP contribution in [-0.4, -0.2) is 70.1 Å². The van der Waals surface area contributed by atoms with Crippen LogP contribution >= 0.6 is 0 Å². The van der Waals surface area contributed by atoms with Gasteiger partial charge in [0.15, 0.2) is 0 Å². The largest absolute Gasteiger partial charge is 0.508 e. The summed E-state index contributed by atoms with van der Waals surface area (Å²) in [5.74, 6) is -0.208. The zero-order valence-electron chi connectivity index (χ0n) is 20.7. The van der Waals surface area contributed by atoms with Crippen LogP contribution in [0.2, 0.25) is 0 Å². The first-order valence-electron chi connectivity index (χ1n) is 11.7. The molecule has 0 saturated carbocycles. The van der Waals surface area contributed by atoms with Crippen molar-refractivity contribution in [2.24, 2.45) is 0 Å². The minimum Gasteiger partial charge on any atom is -0.508 e. The third-order valence-corrected chi connectivity index (χ3v) is 5.79. The summed E-state index contributed by atoms with van der Waals surface area (Å²) in [5, 5.41) is 47.3. The summed E-state index contributed by atoms with van der Waals surface area (Å²) in [6, 6.07) is 18.4. The Morgan fingerprint density at radius 2 is 1.22 bits per heavy atom. The molecule has 9 heteroatoms. The minimum absolute atomic E-state index is 0.0139. The van der Waals surface area contributed by atoms with Gasteiger partial charge in [0.2, 0.25) is 0 Å². The summed E-state index contributed by atoms with van der Waals surface area (Å²) >= 11 is 0. The molecule has 9 nitrogen and oxygen atoms in total. The van der Waals surface area contributed by atoms with E-state index in [1.807, 2.05) is 36.4 Å². The highest BCUT2D eigenvalue weighted by Crippen LogP contribution is 2.33. The Hall–Kier alpha value is -3.79. The number of carbonyl (C=O) groups excluding carboxylic acids is 1. The fourth-order valence-electron chi connectivity index (χ4n) is 3.56. The summed E-state index contributed by atoms with van der Waals surface area (Å²) in [6.07, 6.45) is -2.00. The van der Waals surface area contributed by atoms with Gasteiger partial charge in [0.25, 0.3) is 0 Å². The van der Waals surface area contributed by atoms with Crippen molar-refractivity contribution in [3.8, 4) is 23.0 Å². The maximum atomic E-state index is 12.0. The fraction of sp³-hybridized carbons (Fsp3) is 0.321. The van der Waals surface area contributed by atoms with Gasteiger partial charge >= 0.3 is 5.97 Å². The third kappa shape index (κ3) is 7.85. The van der Waals surface area contributed by atoms with Crippen LogP contribution in [0.3, 0.4) is 0 Å². The van der Waals surface area contributed by atoms with Gasteiger partial charge in [-0.1, -0.05) is 38.1 Å². The van der Waals surface area contributed by atoms with Crippen molar-refractivity contribution in [1.82, 2.24) is 0 Å². The maximum Gasteiger partial charge on any atom is 0.338 e. The van der Waals surface area contributed by atoms with Gasteiger partial charge in [-0.2, -0.15) is 0 Å². The summed E-state index contributed by atoms with van der Waals surface area (Å²) < 4.78 is 16.1. The lowest BCUT2D eigenvalue weighted by atomic mass is 9.78. The van der Waals surface area contributed by atoms with Crippen molar-refractivity contribution < 1.29 is 44.5 Å². The van der Waals surface area contributed by atoms with Gasteiger partial charge in [-0.25, -0.2) is 4.79 Å². The standard InChI is InChI=1S/C28H32O9/c1-28(2,19-3-7-25(8-4-19)35-15-23(32)14-29)20-5-9-26(10-6-20)36-16-24(33)17-37-27(34)18-11-21(30)13-22(31)12-18/h3-13,23-24,29-33H,14-17H2,1-2H3. The highest BCUT2D eigenvalue weighted by molar-refractivity contribution is 5.90. The highest BCUT2D eigenvalue weighted by atomic mass is 16.5. The topological polar surface area (TPSA) is 146 Å². The molecule has 0 fully saturated rings. The molecule has 0 heterocycles. The number of phenols is 2. The lowest BCUT2D eigenvalue weighted by Crippen LogP contribution is -2.25. The molecule has 0 aromatic heterocycles. The number of carbonyl (C=O) groups is 1. The van der Waals surface area contributed by atoms with Crippen molar-refractivity contribution in [3.63, 3.8) is 0 Å². The zero-order chi connectivity index (χ0) is 27.0. The van der Waals surface area contributed by atoms with E-state index in [9.17, 15) is 25.2 Å². The number of benzene rings is 3. The van der Waals surface area contributed by atoms with Gasteiger partial charge in [-0.15, -0.1) is 0 Å². The van der Waals surface area contributed by atoms with Crippen molar-refractivity contribution in [1.29, 1.82) is 0 Å². The zero-order valence-corrected chi connectivity index (χ0v) is 20.7. The molecule has 2 atom stereocenters. The SMILES string of the molecule is CC(C)(c1ccc(OCC(O)CO)cc1)c1ccc(OCC(O)COC(=O)c2cc(O)cc(O)c2)cc1. The van der Waals surface area contributed by atoms with Crippen molar-refractivity contribution in [2.75, 3.05) is 26.4 Å².